The van der Waals surface area contributed by atoms with E-state index in [9.17, 15) is 4.79 Å². The monoisotopic (exact) mass is 286 g/mol. The Hall–Kier alpha value is -2.47. The molecule has 0 radical (unpaired) electrons. The van der Waals surface area contributed by atoms with E-state index in [1.54, 1.807) is 23.5 Å². The van der Waals surface area contributed by atoms with E-state index in [-0.39, 0.29) is 5.56 Å². The lowest BCUT2D eigenvalue weighted by Gasteiger charge is -1.96. The van der Waals surface area contributed by atoms with Crippen molar-refractivity contribution in [1.29, 1.82) is 0 Å². The second kappa shape index (κ2) is 5.26. The molecule has 0 spiro atoms. The molecule has 0 aliphatic heterocycles. The highest BCUT2D eigenvalue weighted by molar-refractivity contribution is 7.09. The highest BCUT2D eigenvalue weighted by Gasteiger charge is 2.11. The van der Waals surface area contributed by atoms with Crippen LogP contribution in [0.25, 0.3) is 11.4 Å². The van der Waals surface area contributed by atoms with Crippen molar-refractivity contribution in [3.8, 4) is 11.4 Å². The van der Waals surface area contributed by atoms with Gasteiger partial charge >= 0.3 is 5.97 Å². The molecule has 3 rings (SSSR count). The van der Waals surface area contributed by atoms with E-state index < -0.39 is 5.97 Å². The van der Waals surface area contributed by atoms with Crippen LogP contribution in [0.2, 0.25) is 0 Å². The van der Waals surface area contributed by atoms with Crippen molar-refractivity contribution in [3.05, 3.63) is 58.1 Å². The van der Waals surface area contributed by atoms with E-state index >= 15 is 0 Å². The summed E-state index contributed by atoms with van der Waals surface area (Å²) < 4.78 is 5.19. The first-order valence-electron chi connectivity index (χ1n) is 5.91. The highest BCUT2D eigenvalue weighted by atomic mass is 32.1. The normalized spacial score (nSPS) is 10.6. The Morgan fingerprint density at radius 3 is 2.95 bits per heavy atom. The SMILES string of the molecule is O=C(O)c1cccc(-c2noc(Cc3cccs3)n2)c1. The fourth-order valence-corrected chi connectivity index (χ4v) is 2.49. The van der Waals surface area contributed by atoms with Crippen molar-refractivity contribution >= 4 is 17.3 Å². The maximum Gasteiger partial charge on any atom is 0.335 e. The van der Waals surface area contributed by atoms with Crippen LogP contribution >= 0.6 is 11.3 Å². The zero-order valence-electron chi connectivity index (χ0n) is 10.3. The zero-order valence-corrected chi connectivity index (χ0v) is 11.1. The fourth-order valence-electron chi connectivity index (χ4n) is 1.80. The molecule has 3 aromatic rings. The van der Waals surface area contributed by atoms with E-state index in [0.29, 0.717) is 23.7 Å². The van der Waals surface area contributed by atoms with Crippen molar-refractivity contribution in [2.45, 2.75) is 6.42 Å². The molecule has 2 heterocycles. The summed E-state index contributed by atoms with van der Waals surface area (Å²) in [4.78, 5) is 16.4. The van der Waals surface area contributed by atoms with Crippen molar-refractivity contribution in [3.63, 3.8) is 0 Å². The average Bonchev–Trinajstić information content (AvgIpc) is 3.11. The number of carboxylic acid groups (broad SMARTS) is 1. The van der Waals surface area contributed by atoms with Gasteiger partial charge in [0.15, 0.2) is 0 Å². The molecule has 1 aromatic carbocycles. The molecule has 1 N–H and O–H groups in total. The Labute approximate surface area is 118 Å². The van der Waals surface area contributed by atoms with Crippen LogP contribution in [0.4, 0.5) is 0 Å². The van der Waals surface area contributed by atoms with Crippen molar-refractivity contribution in [2.75, 3.05) is 0 Å². The van der Waals surface area contributed by atoms with E-state index in [0.717, 1.165) is 4.88 Å². The lowest BCUT2D eigenvalue weighted by molar-refractivity contribution is 0.0697. The molecule has 0 amide bonds. The van der Waals surface area contributed by atoms with Crippen molar-refractivity contribution in [2.24, 2.45) is 0 Å². The summed E-state index contributed by atoms with van der Waals surface area (Å²) in [7, 11) is 0. The number of nitrogens with zero attached hydrogens (tertiary/aromatic N) is 2. The molecular formula is C14H10N2O3S. The molecular weight excluding hydrogens is 276 g/mol. The Bertz CT molecular complexity index is 734. The van der Waals surface area contributed by atoms with Gasteiger partial charge in [-0.3, -0.25) is 0 Å². The Morgan fingerprint density at radius 1 is 1.30 bits per heavy atom. The minimum absolute atomic E-state index is 0.201. The molecule has 0 saturated carbocycles. The van der Waals surface area contributed by atoms with Crippen LogP contribution in [0.1, 0.15) is 21.1 Å². The first-order chi connectivity index (χ1) is 9.72. The van der Waals surface area contributed by atoms with Gasteiger partial charge in [0.05, 0.1) is 12.0 Å². The summed E-state index contributed by atoms with van der Waals surface area (Å²) in [5, 5.41) is 14.9. The Morgan fingerprint density at radius 2 is 2.20 bits per heavy atom. The molecule has 2 aromatic heterocycles. The number of benzene rings is 1. The van der Waals surface area contributed by atoms with Crippen LogP contribution in [0.3, 0.4) is 0 Å². The molecule has 0 unspecified atom stereocenters. The Kier molecular flexibility index (Phi) is 3.30. The quantitative estimate of drug-likeness (QED) is 0.797. The van der Waals surface area contributed by atoms with Gasteiger partial charge in [0.1, 0.15) is 0 Å². The highest BCUT2D eigenvalue weighted by Crippen LogP contribution is 2.19. The molecule has 0 bridgehead atoms. The third kappa shape index (κ3) is 2.60. The number of thiophene rings is 1. The predicted molar refractivity (Wildman–Crippen MR) is 73.8 cm³/mol. The largest absolute Gasteiger partial charge is 0.478 e. The third-order valence-corrected chi connectivity index (χ3v) is 3.62. The minimum atomic E-state index is -0.978. The van der Waals surface area contributed by atoms with Crippen LogP contribution < -0.4 is 0 Å². The number of carbonyl (C=O) groups is 1. The lowest BCUT2D eigenvalue weighted by atomic mass is 10.1. The number of aromatic nitrogens is 2. The molecule has 0 aliphatic rings. The predicted octanol–water partition coefficient (Wildman–Crippen LogP) is 3.09. The molecule has 5 nitrogen and oxygen atoms in total. The molecule has 20 heavy (non-hydrogen) atoms. The van der Waals surface area contributed by atoms with E-state index in [1.165, 1.54) is 12.1 Å². The summed E-state index contributed by atoms with van der Waals surface area (Å²) in [5.41, 5.74) is 0.832. The van der Waals surface area contributed by atoms with Gasteiger partial charge in [-0.2, -0.15) is 4.98 Å². The fraction of sp³-hybridized carbons (Fsp3) is 0.0714. The number of hydrogen-bond acceptors (Lipinski definition) is 5. The van der Waals surface area contributed by atoms with Crippen LogP contribution in [0.15, 0.2) is 46.3 Å². The molecule has 0 atom stereocenters. The number of rotatable bonds is 4. The summed E-state index contributed by atoms with van der Waals surface area (Å²) in [6.07, 6.45) is 0.587. The minimum Gasteiger partial charge on any atom is -0.478 e. The standard InChI is InChI=1S/C14H10N2O3S/c17-14(18)10-4-1-3-9(7-10)13-15-12(19-16-13)8-11-5-2-6-20-11/h1-7H,8H2,(H,17,18). The number of hydrogen-bond donors (Lipinski definition) is 1. The van der Waals surface area contributed by atoms with E-state index in [4.69, 9.17) is 9.63 Å². The van der Waals surface area contributed by atoms with Gasteiger partial charge < -0.3 is 9.63 Å². The lowest BCUT2D eigenvalue weighted by Crippen LogP contribution is -1.96. The van der Waals surface area contributed by atoms with E-state index in [2.05, 4.69) is 10.1 Å². The second-order valence-corrected chi connectivity index (χ2v) is 5.19. The van der Waals surface area contributed by atoms with Crippen LogP contribution in [-0.2, 0) is 6.42 Å². The third-order valence-electron chi connectivity index (χ3n) is 2.74. The second-order valence-electron chi connectivity index (χ2n) is 4.15. The molecule has 100 valence electrons. The summed E-state index contributed by atoms with van der Waals surface area (Å²) in [6.45, 7) is 0. The number of aromatic carboxylic acids is 1. The van der Waals surface area contributed by atoms with Crippen LogP contribution in [0.5, 0.6) is 0 Å². The number of carboxylic acids is 1. The van der Waals surface area contributed by atoms with Gasteiger partial charge in [-0.1, -0.05) is 23.4 Å². The van der Waals surface area contributed by atoms with Gasteiger partial charge in [-0.15, -0.1) is 11.3 Å². The molecule has 0 saturated heterocycles. The molecule has 0 fully saturated rings. The maximum atomic E-state index is 10.9. The van der Waals surface area contributed by atoms with Gasteiger partial charge in [-0.05, 0) is 23.6 Å². The van der Waals surface area contributed by atoms with Crippen LogP contribution in [0, 0.1) is 0 Å². The average molecular weight is 286 g/mol. The van der Waals surface area contributed by atoms with Gasteiger partial charge in [0.2, 0.25) is 11.7 Å². The Balaban J connectivity index is 1.86. The maximum absolute atomic E-state index is 10.9. The summed E-state index contributed by atoms with van der Waals surface area (Å²) in [5.74, 6) is -0.0583. The summed E-state index contributed by atoms with van der Waals surface area (Å²) >= 11 is 1.62. The summed E-state index contributed by atoms with van der Waals surface area (Å²) in [6, 6.07) is 10.4. The van der Waals surface area contributed by atoms with Crippen LogP contribution in [-0.4, -0.2) is 21.2 Å². The topological polar surface area (TPSA) is 76.2 Å². The van der Waals surface area contributed by atoms with E-state index in [1.807, 2.05) is 17.5 Å². The van der Waals surface area contributed by atoms with Crippen molar-refractivity contribution < 1.29 is 14.4 Å². The van der Waals surface area contributed by atoms with Gasteiger partial charge in [-0.25, -0.2) is 4.79 Å². The molecule has 0 aliphatic carbocycles. The zero-order chi connectivity index (χ0) is 13.9. The van der Waals surface area contributed by atoms with Gasteiger partial charge in [0, 0.05) is 10.4 Å². The smallest absolute Gasteiger partial charge is 0.335 e. The van der Waals surface area contributed by atoms with Crippen molar-refractivity contribution in [1.82, 2.24) is 10.1 Å². The van der Waals surface area contributed by atoms with Gasteiger partial charge in [0.25, 0.3) is 0 Å². The molecule has 6 heteroatoms. The first-order valence-corrected chi connectivity index (χ1v) is 6.79. The first kappa shape index (κ1) is 12.6.